The molecule has 0 aromatic heterocycles. The molecule has 3 atom stereocenters. The van der Waals surface area contributed by atoms with Gasteiger partial charge < -0.3 is 4.90 Å². The molecule has 2 saturated carbocycles. The second kappa shape index (κ2) is 4.52. The highest BCUT2D eigenvalue weighted by Gasteiger charge is 2.67. The van der Waals surface area contributed by atoms with E-state index in [2.05, 4.69) is 44.9 Å². The van der Waals surface area contributed by atoms with Gasteiger partial charge in [0.1, 0.15) is 0 Å². The van der Waals surface area contributed by atoms with Crippen molar-refractivity contribution in [3.8, 4) is 0 Å². The zero-order chi connectivity index (χ0) is 11.8. The van der Waals surface area contributed by atoms with Crippen LogP contribution in [0.5, 0.6) is 0 Å². The summed E-state index contributed by atoms with van der Waals surface area (Å²) in [5, 5.41) is 0. The van der Waals surface area contributed by atoms with Crippen LogP contribution in [0.4, 0.5) is 0 Å². The summed E-state index contributed by atoms with van der Waals surface area (Å²) in [6.45, 7) is 9.29. The summed E-state index contributed by atoms with van der Waals surface area (Å²) in [6, 6.07) is 0. The van der Waals surface area contributed by atoms with E-state index in [0.717, 1.165) is 23.8 Å². The fraction of sp³-hybridized carbons (Fsp3) is 0.867. The zero-order valence-electron chi connectivity index (χ0n) is 11.4. The van der Waals surface area contributed by atoms with Crippen LogP contribution in [0.2, 0.25) is 0 Å². The Labute approximate surface area is 101 Å². The number of likely N-dealkylation sites (N-methyl/N-ethyl adjacent to an activating group) is 1. The SMILES string of the molecule is CC(C)/C=C/CN(C)CC[C@@H]1CC12CC2C. The highest BCUT2D eigenvalue weighted by molar-refractivity contribution is 5.16. The van der Waals surface area contributed by atoms with Crippen molar-refractivity contribution in [1.82, 2.24) is 4.90 Å². The zero-order valence-corrected chi connectivity index (χ0v) is 11.4. The maximum absolute atomic E-state index is 2.46. The molecule has 0 radical (unpaired) electrons. The minimum absolute atomic E-state index is 0.687. The first-order valence-electron chi connectivity index (χ1n) is 6.90. The number of allylic oxidation sites excluding steroid dienone is 1. The molecule has 0 saturated heterocycles. The second-order valence-electron chi connectivity index (χ2n) is 6.46. The Kier molecular flexibility index (Phi) is 3.44. The summed E-state index contributed by atoms with van der Waals surface area (Å²) >= 11 is 0. The third kappa shape index (κ3) is 2.68. The molecule has 0 amide bonds. The molecule has 0 N–H and O–H groups in total. The van der Waals surface area contributed by atoms with Gasteiger partial charge >= 0.3 is 0 Å². The molecule has 1 nitrogen and oxygen atoms in total. The lowest BCUT2D eigenvalue weighted by Gasteiger charge is -2.14. The smallest absolute Gasteiger partial charge is 0.0160 e. The van der Waals surface area contributed by atoms with E-state index in [4.69, 9.17) is 0 Å². The average molecular weight is 221 g/mol. The molecule has 2 unspecified atom stereocenters. The first-order chi connectivity index (χ1) is 7.54. The van der Waals surface area contributed by atoms with Crippen LogP contribution in [0.1, 0.15) is 40.0 Å². The first kappa shape index (κ1) is 12.2. The minimum atomic E-state index is 0.687. The third-order valence-electron chi connectivity index (χ3n) is 4.58. The summed E-state index contributed by atoms with van der Waals surface area (Å²) < 4.78 is 0. The normalized spacial score (nSPS) is 36.9. The molecule has 2 rings (SSSR count). The van der Waals surface area contributed by atoms with Crippen LogP contribution in [0.15, 0.2) is 12.2 Å². The maximum Gasteiger partial charge on any atom is 0.0160 e. The van der Waals surface area contributed by atoms with Crippen molar-refractivity contribution >= 4 is 0 Å². The predicted molar refractivity (Wildman–Crippen MR) is 70.4 cm³/mol. The summed E-state index contributed by atoms with van der Waals surface area (Å²) in [5.41, 5.74) is 0.856. The van der Waals surface area contributed by atoms with Gasteiger partial charge in [-0.25, -0.2) is 0 Å². The van der Waals surface area contributed by atoms with Crippen molar-refractivity contribution < 1.29 is 0 Å². The highest BCUT2D eigenvalue weighted by atomic mass is 15.1. The van der Waals surface area contributed by atoms with Gasteiger partial charge in [-0.05, 0) is 56.0 Å². The van der Waals surface area contributed by atoms with E-state index in [1.165, 1.54) is 25.8 Å². The van der Waals surface area contributed by atoms with E-state index >= 15 is 0 Å². The Morgan fingerprint density at radius 2 is 2.06 bits per heavy atom. The quantitative estimate of drug-likeness (QED) is 0.620. The van der Waals surface area contributed by atoms with Crippen molar-refractivity contribution in [2.45, 2.75) is 40.0 Å². The van der Waals surface area contributed by atoms with Gasteiger partial charge in [-0.2, -0.15) is 0 Å². The molecule has 2 fully saturated rings. The Hall–Kier alpha value is -0.300. The summed E-state index contributed by atoms with van der Waals surface area (Å²) in [7, 11) is 2.25. The van der Waals surface area contributed by atoms with Gasteiger partial charge in [-0.3, -0.25) is 0 Å². The molecule has 2 aliphatic carbocycles. The van der Waals surface area contributed by atoms with Crippen LogP contribution in [0, 0.1) is 23.2 Å². The van der Waals surface area contributed by atoms with Crippen molar-refractivity contribution in [1.29, 1.82) is 0 Å². The molecular formula is C15H27N. The molecule has 16 heavy (non-hydrogen) atoms. The lowest BCUT2D eigenvalue weighted by Crippen LogP contribution is -2.20. The lowest BCUT2D eigenvalue weighted by atomic mass is 10.2. The molecule has 0 aliphatic heterocycles. The van der Waals surface area contributed by atoms with Crippen molar-refractivity contribution in [3.63, 3.8) is 0 Å². The standard InChI is InChI=1S/C15H27N/c1-12(2)6-5-8-16(4)9-7-14-11-15(14)10-13(15)3/h5-6,12-14H,7-11H2,1-4H3/b6-5+/t13?,14-,15?/m1/s1. The average Bonchev–Trinajstić information content (AvgIpc) is 3.04. The molecule has 1 heteroatoms. The van der Waals surface area contributed by atoms with E-state index < -0.39 is 0 Å². The van der Waals surface area contributed by atoms with Gasteiger partial charge in [0.15, 0.2) is 0 Å². The summed E-state index contributed by atoms with van der Waals surface area (Å²) in [5.74, 6) is 2.80. The highest BCUT2D eigenvalue weighted by Crippen LogP contribution is 2.75. The predicted octanol–water partition coefficient (Wildman–Crippen LogP) is 3.57. The van der Waals surface area contributed by atoms with Crippen LogP contribution in [-0.2, 0) is 0 Å². The summed E-state index contributed by atoms with van der Waals surface area (Å²) in [6.07, 6.45) is 9.10. The number of hydrogen-bond donors (Lipinski definition) is 0. The topological polar surface area (TPSA) is 3.24 Å². The van der Waals surface area contributed by atoms with Crippen LogP contribution in [0.3, 0.4) is 0 Å². The largest absolute Gasteiger partial charge is 0.303 e. The lowest BCUT2D eigenvalue weighted by molar-refractivity contribution is 0.348. The Morgan fingerprint density at radius 1 is 1.38 bits per heavy atom. The maximum atomic E-state index is 2.46. The van der Waals surface area contributed by atoms with E-state index in [9.17, 15) is 0 Å². The Bertz CT molecular complexity index is 269. The molecule has 1 spiro atoms. The Balaban J connectivity index is 1.57. The van der Waals surface area contributed by atoms with Gasteiger partial charge in [0, 0.05) is 6.54 Å². The number of rotatable bonds is 6. The van der Waals surface area contributed by atoms with E-state index in [-0.39, 0.29) is 0 Å². The summed E-state index contributed by atoms with van der Waals surface area (Å²) in [4.78, 5) is 2.46. The Morgan fingerprint density at radius 3 is 2.56 bits per heavy atom. The van der Waals surface area contributed by atoms with Crippen LogP contribution < -0.4 is 0 Å². The second-order valence-corrected chi connectivity index (χ2v) is 6.46. The van der Waals surface area contributed by atoms with E-state index in [1.54, 1.807) is 0 Å². The molecule has 0 bridgehead atoms. The monoisotopic (exact) mass is 221 g/mol. The molecule has 0 aromatic rings. The van der Waals surface area contributed by atoms with Gasteiger partial charge in [0.2, 0.25) is 0 Å². The number of nitrogens with zero attached hydrogens (tertiary/aromatic N) is 1. The van der Waals surface area contributed by atoms with Crippen molar-refractivity contribution in [2.24, 2.45) is 23.2 Å². The van der Waals surface area contributed by atoms with Gasteiger partial charge in [0.25, 0.3) is 0 Å². The minimum Gasteiger partial charge on any atom is -0.303 e. The number of hydrogen-bond acceptors (Lipinski definition) is 1. The van der Waals surface area contributed by atoms with E-state index in [0.29, 0.717) is 5.92 Å². The van der Waals surface area contributed by atoms with Crippen LogP contribution >= 0.6 is 0 Å². The molecule has 2 aliphatic rings. The van der Waals surface area contributed by atoms with Crippen molar-refractivity contribution in [3.05, 3.63) is 12.2 Å². The van der Waals surface area contributed by atoms with Gasteiger partial charge in [-0.1, -0.05) is 32.9 Å². The first-order valence-corrected chi connectivity index (χ1v) is 6.90. The molecule has 92 valence electrons. The van der Waals surface area contributed by atoms with Gasteiger partial charge in [-0.15, -0.1) is 0 Å². The van der Waals surface area contributed by atoms with Crippen molar-refractivity contribution in [2.75, 3.05) is 20.1 Å². The molecule has 0 aromatic carbocycles. The fourth-order valence-corrected chi connectivity index (χ4v) is 3.13. The van der Waals surface area contributed by atoms with Crippen LogP contribution in [-0.4, -0.2) is 25.0 Å². The molecular weight excluding hydrogens is 194 g/mol. The van der Waals surface area contributed by atoms with Crippen LogP contribution in [0.25, 0.3) is 0 Å². The third-order valence-corrected chi connectivity index (χ3v) is 4.58. The van der Waals surface area contributed by atoms with E-state index in [1.807, 2.05) is 0 Å². The molecule has 0 heterocycles. The van der Waals surface area contributed by atoms with Gasteiger partial charge in [0.05, 0.1) is 0 Å². The fourth-order valence-electron chi connectivity index (χ4n) is 3.13.